The zero-order chi connectivity index (χ0) is 11.1. The van der Waals surface area contributed by atoms with Crippen LogP contribution < -0.4 is 11.1 Å². The fraction of sp³-hybridized carbons (Fsp3) is 0.778. The molecule has 15 heavy (non-hydrogen) atoms. The summed E-state index contributed by atoms with van der Waals surface area (Å²) in [6.07, 6.45) is 2.45. The number of oxime groups is 1. The van der Waals surface area contributed by atoms with Gasteiger partial charge < -0.3 is 21.2 Å². The zero-order valence-corrected chi connectivity index (χ0v) is 8.78. The Morgan fingerprint density at radius 1 is 1.47 bits per heavy atom. The van der Waals surface area contributed by atoms with Crippen molar-refractivity contribution in [3.63, 3.8) is 0 Å². The summed E-state index contributed by atoms with van der Waals surface area (Å²) in [7, 11) is 0. The lowest BCUT2D eigenvalue weighted by atomic mass is 10.3. The van der Waals surface area contributed by atoms with Crippen LogP contribution >= 0.6 is 0 Å². The third-order valence-corrected chi connectivity index (χ3v) is 2.42. The quantitative estimate of drug-likeness (QED) is 0.245. The Bertz CT molecular complexity index is 236. The van der Waals surface area contributed by atoms with Crippen LogP contribution in [-0.4, -0.2) is 48.0 Å². The van der Waals surface area contributed by atoms with Crippen molar-refractivity contribution >= 4 is 11.7 Å². The smallest absolute Gasteiger partial charge is 0.227 e. The molecule has 0 atom stereocenters. The average molecular weight is 214 g/mol. The highest BCUT2D eigenvalue weighted by atomic mass is 16.4. The van der Waals surface area contributed by atoms with Crippen molar-refractivity contribution < 1.29 is 10.0 Å². The summed E-state index contributed by atoms with van der Waals surface area (Å²) in [6.45, 7) is 3.74. The Hall–Kier alpha value is -1.30. The lowest BCUT2D eigenvalue weighted by Crippen LogP contribution is -2.35. The second kappa shape index (κ2) is 6.23. The van der Waals surface area contributed by atoms with Crippen molar-refractivity contribution in [2.24, 2.45) is 10.9 Å². The van der Waals surface area contributed by atoms with E-state index in [0.717, 1.165) is 19.6 Å². The van der Waals surface area contributed by atoms with Crippen molar-refractivity contribution in [2.45, 2.75) is 19.3 Å². The zero-order valence-electron chi connectivity index (χ0n) is 8.78. The topological polar surface area (TPSA) is 91.0 Å². The lowest BCUT2D eigenvalue weighted by Gasteiger charge is -2.14. The Labute approximate surface area is 89.1 Å². The summed E-state index contributed by atoms with van der Waals surface area (Å²) in [5.74, 6) is -0.266. The molecule has 1 heterocycles. The number of rotatable bonds is 5. The Kier molecular flexibility index (Phi) is 4.89. The first kappa shape index (κ1) is 11.8. The van der Waals surface area contributed by atoms with Gasteiger partial charge in [-0.1, -0.05) is 5.16 Å². The number of carbonyl (C=O) groups is 1. The second-order valence-corrected chi connectivity index (χ2v) is 3.67. The van der Waals surface area contributed by atoms with E-state index in [1.54, 1.807) is 0 Å². The molecule has 1 aliphatic rings. The van der Waals surface area contributed by atoms with Crippen LogP contribution in [0.2, 0.25) is 0 Å². The van der Waals surface area contributed by atoms with E-state index in [2.05, 4.69) is 15.4 Å². The van der Waals surface area contributed by atoms with Crippen molar-refractivity contribution in [3.8, 4) is 0 Å². The number of carbonyl (C=O) groups excluding carboxylic acids is 1. The number of amidine groups is 1. The van der Waals surface area contributed by atoms with Gasteiger partial charge in [0.15, 0.2) is 0 Å². The summed E-state index contributed by atoms with van der Waals surface area (Å²) in [4.78, 5) is 13.5. The van der Waals surface area contributed by atoms with Gasteiger partial charge in [0.25, 0.3) is 0 Å². The van der Waals surface area contributed by atoms with Gasteiger partial charge in [-0.25, -0.2) is 0 Å². The number of nitrogens with zero attached hydrogens (tertiary/aromatic N) is 2. The Balaban J connectivity index is 2.06. The average Bonchev–Trinajstić information content (AvgIpc) is 2.70. The van der Waals surface area contributed by atoms with Crippen LogP contribution in [0.1, 0.15) is 19.3 Å². The van der Waals surface area contributed by atoms with Gasteiger partial charge in [0, 0.05) is 13.1 Å². The Morgan fingerprint density at radius 3 is 2.73 bits per heavy atom. The van der Waals surface area contributed by atoms with Gasteiger partial charge >= 0.3 is 0 Å². The fourth-order valence-electron chi connectivity index (χ4n) is 1.62. The molecule has 0 radical (unpaired) electrons. The van der Waals surface area contributed by atoms with E-state index >= 15 is 0 Å². The summed E-state index contributed by atoms with van der Waals surface area (Å²) < 4.78 is 0. The molecule has 0 aliphatic carbocycles. The summed E-state index contributed by atoms with van der Waals surface area (Å²) in [5.41, 5.74) is 5.20. The van der Waals surface area contributed by atoms with Gasteiger partial charge in [0.2, 0.25) is 5.91 Å². The lowest BCUT2D eigenvalue weighted by molar-refractivity contribution is -0.119. The number of likely N-dealkylation sites (tertiary alicyclic amines) is 1. The number of hydrogen-bond acceptors (Lipinski definition) is 4. The Morgan fingerprint density at radius 2 is 2.13 bits per heavy atom. The first-order valence-corrected chi connectivity index (χ1v) is 5.18. The highest BCUT2D eigenvalue weighted by molar-refractivity contribution is 5.98. The number of nitrogens with one attached hydrogen (secondary N) is 1. The SMILES string of the molecule is NC(CC(=O)NCCN1CCCC1)=NO. The largest absolute Gasteiger partial charge is 0.409 e. The molecular weight excluding hydrogens is 196 g/mol. The van der Waals surface area contributed by atoms with Gasteiger partial charge in [0.1, 0.15) is 5.84 Å². The first-order chi connectivity index (χ1) is 7.22. The molecule has 1 fully saturated rings. The van der Waals surface area contributed by atoms with Crippen LogP contribution in [0.5, 0.6) is 0 Å². The molecule has 0 aromatic rings. The van der Waals surface area contributed by atoms with Crippen molar-refractivity contribution in [2.75, 3.05) is 26.2 Å². The molecule has 0 spiro atoms. The van der Waals surface area contributed by atoms with E-state index in [9.17, 15) is 4.79 Å². The molecule has 1 amide bonds. The van der Waals surface area contributed by atoms with Crippen molar-refractivity contribution in [1.82, 2.24) is 10.2 Å². The molecule has 0 bridgehead atoms. The minimum Gasteiger partial charge on any atom is -0.409 e. The standard InChI is InChI=1S/C9H18N4O2/c10-8(12-15)7-9(14)11-3-6-13-4-1-2-5-13/h15H,1-7H2,(H2,10,12)(H,11,14). The van der Waals surface area contributed by atoms with Crippen molar-refractivity contribution in [3.05, 3.63) is 0 Å². The third-order valence-electron chi connectivity index (χ3n) is 2.42. The maximum absolute atomic E-state index is 11.2. The maximum atomic E-state index is 11.2. The van der Waals surface area contributed by atoms with Crippen LogP contribution in [-0.2, 0) is 4.79 Å². The third kappa shape index (κ3) is 4.64. The highest BCUT2D eigenvalue weighted by Gasteiger charge is 2.11. The van der Waals surface area contributed by atoms with Gasteiger partial charge in [-0.05, 0) is 25.9 Å². The number of nitrogens with two attached hydrogens (primary N) is 1. The number of amides is 1. The minimum absolute atomic E-state index is 0.0451. The fourth-order valence-corrected chi connectivity index (χ4v) is 1.62. The summed E-state index contributed by atoms with van der Waals surface area (Å²) in [5, 5.41) is 13.7. The van der Waals surface area contributed by atoms with E-state index in [-0.39, 0.29) is 18.2 Å². The van der Waals surface area contributed by atoms with Crippen LogP contribution in [0.25, 0.3) is 0 Å². The summed E-state index contributed by atoms with van der Waals surface area (Å²) >= 11 is 0. The maximum Gasteiger partial charge on any atom is 0.227 e. The van der Waals surface area contributed by atoms with Gasteiger partial charge in [0.05, 0.1) is 6.42 Å². The molecule has 0 aromatic heterocycles. The molecule has 1 saturated heterocycles. The van der Waals surface area contributed by atoms with Gasteiger partial charge in [-0.2, -0.15) is 0 Å². The van der Waals surface area contributed by atoms with E-state index in [1.165, 1.54) is 12.8 Å². The second-order valence-electron chi connectivity index (χ2n) is 3.67. The predicted octanol–water partition coefficient (Wildman–Crippen LogP) is -0.665. The van der Waals surface area contributed by atoms with Crippen LogP contribution in [0.3, 0.4) is 0 Å². The minimum atomic E-state index is -0.204. The van der Waals surface area contributed by atoms with Crippen LogP contribution in [0.15, 0.2) is 5.16 Å². The van der Waals surface area contributed by atoms with Gasteiger partial charge in [-0.3, -0.25) is 4.79 Å². The van der Waals surface area contributed by atoms with E-state index in [1.807, 2.05) is 0 Å². The monoisotopic (exact) mass is 214 g/mol. The molecule has 6 nitrogen and oxygen atoms in total. The van der Waals surface area contributed by atoms with Crippen LogP contribution in [0, 0.1) is 0 Å². The van der Waals surface area contributed by atoms with E-state index in [4.69, 9.17) is 10.9 Å². The molecule has 0 unspecified atom stereocenters. The molecule has 0 aromatic carbocycles. The highest BCUT2D eigenvalue weighted by Crippen LogP contribution is 2.05. The van der Waals surface area contributed by atoms with E-state index < -0.39 is 0 Å². The van der Waals surface area contributed by atoms with Gasteiger partial charge in [-0.15, -0.1) is 0 Å². The molecule has 4 N–H and O–H groups in total. The molecule has 86 valence electrons. The van der Waals surface area contributed by atoms with Crippen LogP contribution in [0.4, 0.5) is 0 Å². The molecular formula is C9H18N4O2. The first-order valence-electron chi connectivity index (χ1n) is 5.18. The van der Waals surface area contributed by atoms with E-state index in [0.29, 0.717) is 6.54 Å². The molecule has 0 saturated carbocycles. The van der Waals surface area contributed by atoms with Crippen molar-refractivity contribution in [1.29, 1.82) is 0 Å². The normalized spacial score (nSPS) is 18.0. The summed E-state index contributed by atoms with van der Waals surface area (Å²) in [6, 6.07) is 0. The molecule has 1 rings (SSSR count). The number of hydrogen-bond donors (Lipinski definition) is 3. The predicted molar refractivity (Wildman–Crippen MR) is 56.7 cm³/mol. The molecule has 6 heteroatoms. The molecule has 1 aliphatic heterocycles.